The fourth-order valence-corrected chi connectivity index (χ4v) is 2.40. The number of tetrazole rings is 1. The number of carbonyl (C=O) groups excluding carboxylic acids is 1. The Morgan fingerprint density at radius 2 is 1.88 bits per heavy atom. The Balaban J connectivity index is 1.67. The van der Waals surface area contributed by atoms with Gasteiger partial charge in [0.05, 0.1) is 18.7 Å². The van der Waals surface area contributed by atoms with Crippen molar-refractivity contribution in [2.75, 3.05) is 0 Å². The highest BCUT2D eigenvalue weighted by Crippen LogP contribution is 2.14. The molecule has 6 nitrogen and oxygen atoms in total. The van der Waals surface area contributed by atoms with Crippen LogP contribution in [-0.2, 0) is 17.8 Å². The number of carbonyl (C=O) groups is 1. The minimum atomic E-state index is -0.0594. The molecule has 1 N–H and O–H groups in total. The van der Waals surface area contributed by atoms with Crippen LogP contribution in [0.25, 0.3) is 5.69 Å². The van der Waals surface area contributed by atoms with E-state index in [1.807, 2.05) is 55.5 Å². The summed E-state index contributed by atoms with van der Waals surface area (Å²) in [4.78, 5) is 12.1. The monoisotopic (exact) mass is 321 g/mol. The number of amides is 1. The van der Waals surface area contributed by atoms with Gasteiger partial charge in [-0.25, -0.2) is 0 Å². The van der Waals surface area contributed by atoms with E-state index in [0.717, 1.165) is 11.3 Å². The van der Waals surface area contributed by atoms with E-state index < -0.39 is 0 Å². The molecule has 0 aliphatic heterocycles. The van der Waals surface area contributed by atoms with Crippen LogP contribution in [-0.4, -0.2) is 26.1 Å². The van der Waals surface area contributed by atoms with E-state index in [0.29, 0.717) is 12.2 Å². The molecule has 3 aromatic rings. The Kier molecular flexibility index (Phi) is 4.65. The Morgan fingerprint density at radius 3 is 2.62 bits per heavy atom. The van der Waals surface area contributed by atoms with Crippen LogP contribution in [0.1, 0.15) is 22.5 Å². The lowest BCUT2D eigenvalue weighted by molar-refractivity contribution is -0.120. The number of aryl methyl sites for hydroxylation is 2. The van der Waals surface area contributed by atoms with Gasteiger partial charge < -0.3 is 5.32 Å². The zero-order chi connectivity index (χ0) is 16.9. The molecule has 0 fully saturated rings. The van der Waals surface area contributed by atoms with Crippen LogP contribution in [0.4, 0.5) is 0 Å². The SMILES string of the molecule is Cc1ccc(-n2nnnc2CNC(=O)Cc2ccccc2)cc1C. The summed E-state index contributed by atoms with van der Waals surface area (Å²) in [5.41, 5.74) is 4.24. The number of rotatable bonds is 5. The fourth-order valence-electron chi connectivity index (χ4n) is 2.40. The van der Waals surface area contributed by atoms with E-state index >= 15 is 0 Å². The van der Waals surface area contributed by atoms with Gasteiger partial charge in [0.1, 0.15) is 0 Å². The van der Waals surface area contributed by atoms with E-state index in [9.17, 15) is 4.79 Å². The first-order valence-electron chi connectivity index (χ1n) is 7.79. The van der Waals surface area contributed by atoms with Crippen LogP contribution in [0, 0.1) is 13.8 Å². The molecule has 0 aliphatic rings. The summed E-state index contributed by atoms with van der Waals surface area (Å²) < 4.78 is 1.65. The second-order valence-electron chi connectivity index (χ2n) is 5.71. The Morgan fingerprint density at radius 1 is 1.08 bits per heavy atom. The van der Waals surface area contributed by atoms with Crippen molar-refractivity contribution in [1.29, 1.82) is 0 Å². The molecular formula is C18H19N5O. The summed E-state index contributed by atoms with van der Waals surface area (Å²) in [6.45, 7) is 4.39. The summed E-state index contributed by atoms with van der Waals surface area (Å²) in [7, 11) is 0. The van der Waals surface area contributed by atoms with Gasteiger partial charge in [-0.05, 0) is 53.1 Å². The number of hydrogen-bond donors (Lipinski definition) is 1. The maximum Gasteiger partial charge on any atom is 0.224 e. The molecule has 6 heteroatoms. The summed E-state index contributed by atoms with van der Waals surface area (Å²) in [5, 5.41) is 14.6. The molecule has 2 aromatic carbocycles. The van der Waals surface area contributed by atoms with Gasteiger partial charge in [0.15, 0.2) is 5.82 Å². The highest BCUT2D eigenvalue weighted by atomic mass is 16.1. The quantitative estimate of drug-likeness (QED) is 0.781. The second-order valence-corrected chi connectivity index (χ2v) is 5.71. The zero-order valence-electron chi connectivity index (χ0n) is 13.7. The number of nitrogens with one attached hydrogen (secondary N) is 1. The van der Waals surface area contributed by atoms with Crippen LogP contribution in [0.3, 0.4) is 0 Å². The molecule has 1 heterocycles. The molecule has 0 atom stereocenters. The lowest BCUT2D eigenvalue weighted by Crippen LogP contribution is -2.26. The highest BCUT2D eigenvalue weighted by molar-refractivity contribution is 5.78. The minimum Gasteiger partial charge on any atom is -0.348 e. The lowest BCUT2D eigenvalue weighted by Gasteiger charge is -2.08. The van der Waals surface area contributed by atoms with Gasteiger partial charge in [-0.3, -0.25) is 4.79 Å². The summed E-state index contributed by atoms with van der Waals surface area (Å²) in [5.74, 6) is 0.538. The maximum atomic E-state index is 12.1. The molecule has 0 radical (unpaired) electrons. The van der Waals surface area contributed by atoms with E-state index in [1.54, 1.807) is 4.68 Å². The van der Waals surface area contributed by atoms with Crippen molar-refractivity contribution in [2.45, 2.75) is 26.8 Å². The largest absolute Gasteiger partial charge is 0.348 e. The van der Waals surface area contributed by atoms with E-state index in [4.69, 9.17) is 0 Å². The van der Waals surface area contributed by atoms with Crippen molar-refractivity contribution in [3.05, 3.63) is 71.0 Å². The van der Waals surface area contributed by atoms with Crippen LogP contribution in [0.5, 0.6) is 0 Å². The van der Waals surface area contributed by atoms with Crippen molar-refractivity contribution in [1.82, 2.24) is 25.5 Å². The third-order valence-corrected chi connectivity index (χ3v) is 3.92. The van der Waals surface area contributed by atoms with Crippen molar-refractivity contribution in [2.24, 2.45) is 0 Å². The van der Waals surface area contributed by atoms with Crippen LogP contribution < -0.4 is 5.32 Å². The first-order chi connectivity index (χ1) is 11.6. The summed E-state index contributed by atoms with van der Waals surface area (Å²) >= 11 is 0. The third kappa shape index (κ3) is 3.65. The highest BCUT2D eigenvalue weighted by Gasteiger charge is 2.11. The molecule has 3 rings (SSSR count). The molecule has 1 amide bonds. The molecule has 0 saturated carbocycles. The number of nitrogens with zero attached hydrogens (tertiary/aromatic N) is 4. The minimum absolute atomic E-state index is 0.0594. The van der Waals surface area contributed by atoms with E-state index in [-0.39, 0.29) is 12.5 Å². The molecule has 0 unspecified atom stereocenters. The fraction of sp³-hybridized carbons (Fsp3) is 0.222. The first kappa shape index (κ1) is 15.9. The van der Waals surface area contributed by atoms with E-state index in [2.05, 4.69) is 27.8 Å². The van der Waals surface area contributed by atoms with E-state index in [1.165, 1.54) is 11.1 Å². The molecule has 24 heavy (non-hydrogen) atoms. The molecule has 1 aromatic heterocycles. The zero-order valence-corrected chi connectivity index (χ0v) is 13.7. The predicted molar refractivity (Wildman–Crippen MR) is 90.6 cm³/mol. The molecule has 0 saturated heterocycles. The normalized spacial score (nSPS) is 10.6. The summed E-state index contributed by atoms with van der Waals surface area (Å²) in [6, 6.07) is 15.7. The Bertz CT molecular complexity index is 842. The lowest BCUT2D eigenvalue weighted by atomic mass is 10.1. The van der Waals surface area contributed by atoms with Gasteiger partial charge in [0, 0.05) is 0 Å². The molecule has 0 aliphatic carbocycles. The van der Waals surface area contributed by atoms with Crippen molar-refractivity contribution in [3.63, 3.8) is 0 Å². The van der Waals surface area contributed by atoms with Crippen molar-refractivity contribution >= 4 is 5.91 Å². The van der Waals surface area contributed by atoms with Crippen LogP contribution in [0.2, 0.25) is 0 Å². The van der Waals surface area contributed by atoms with Crippen molar-refractivity contribution < 1.29 is 4.79 Å². The summed E-state index contributed by atoms with van der Waals surface area (Å²) in [6.07, 6.45) is 0.339. The standard InChI is InChI=1S/C18H19N5O/c1-13-8-9-16(10-14(13)2)23-17(20-21-22-23)12-19-18(24)11-15-6-4-3-5-7-15/h3-10H,11-12H2,1-2H3,(H,19,24). The average Bonchev–Trinajstić information content (AvgIpc) is 3.05. The predicted octanol–water partition coefficient (Wildman–Crippen LogP) is 2.14. The van der Waals surface area contributed by atoms with Gasteiger partial charge >= 0.3 is 0 Å². The maximum absolute atomic E-state index is 12.1. The average molecular weight is 321 g/mol. The first-order valence-corrected chi connectivity index (χ1v) is 7.79. The van der Waals surface area contributed by atoms with Gasteiger partial charge in [0.2, 0.25) is 5.91 Å². The topological polar surface area (TPSA) is 72.7 Å². The Labute approximate surface area is 140 Å². The van der Waals surface area contributed by atoms with Crippen LogP contribution >= 0.6 is 0 Å². The van der Waals surface area contributed by atoms with Gasteiger partial charge in [-0.1, -0.05) is 36.4 Å². The third-order valence-electron chi connectivity index (χ3n) is 3.92. The number of benzene rings is 2. The van der Waals surface area contributed by atoms with Gasteiger partial charge in [0.25, 0.3) is 0 Å². The second kappa shape index (κ2) is 7.04. The molecule has 0 spiro atoms. The van der Waals surface area contributed by atoms with Crippen molar-refractivity contribution in [3.8, 4) is 5.69 Å². The van der Waals surface area contributed by atoms with Gasteiger partial charge in [-0.2, -0.15) is 4.68 Å². The molecule has 122 valence electrons. The molecule has 0 bridgehead atoms. The smallest absolute Gasteiger partial charge is 0.224 e. The Hall–Kier alpha value is -3.02. The number of aromatic nitrogens is 4. The van der Waals surface area contributed by atoms with Gasteiger partial charge in [-0.15, -0.1) is 5.10 Å². The number of hydrogen-bond acceptors (Lipinski definition) is 4. The molecular weight excluding hydrogens is 302 g/mol. The van der Waals surface area contributed by atoms with Crippen LogP contribution in [0.15, 0.2) is 48.5 Å².